The van der Waals surface area contributed by atoms with E-state index in [1.54, 1.807) is 6.07 Å². The van der Waals surface area contributed by atoms with Crippen molar-refractivity contribution in [2.75, 3.05) is 5.32 Å². The van der Waals surface area contributed by atoms with Crippen LogP contribution in [0.15, 0.2) is 47.6 Å². The first-order chi connectivity index (χ1) is 14.2. The Morgan fingerprint density at radius 1 is 1.00 bits per heavy atom. The molecule has 1 N–H and O–H groups in total. The van der Waals surface area contributed by atoms with Crippen LogP contribution in [0.3, 0.4) is 0 Å². The van der Waals surface area contributed by atoms with Gasteiger partial charge in [-0.3, -0.25) is 20.1 Å². The number of nitrogens with zero attached hydrogens (tertiary/aromatic N) is 3. The third-order valence-corrected chi connectivity index (χ3v) is 6.55. The maximum absolute atomic E-state index is 11.1. The van der Waals surface area contributed by atoms with E-state index in [2.05, 4.69) is 33.5 Å². The Morgan fingerprint density at radius 2 is 1.70 bits per heavy atom. The fourth-order valence-electron chi connectivity index (χ4n) is 3.66. The van der Waals surface area contributed by atoms with Crippen molar-refractivity contribution in [3.63, 3.8) is 0 Å². The Morgan fingerprint density at radius 3 is 2.40 bits per heavy atom. The minimum Gasteiger partial charge on any atom is -0.380 e. The van der Waals surface area contributed by atoms with E-state index >= 15 is 0 Å². The first-order valence-corrected chi connectivity index (χ1v) is 10.9. The molecular weight excluding hydrogens is 473 g/mol. The fourth-order valence-corrected chi connectivity index (χ4v) is 4.91. The van der Waals surface area contributed by atoms with Crippen molar-refractivity contribution < 1.29 is 37.6 Å². The number of hydrogen-bond acceptors (Lipinski definition) is 6. The van der Waals surface area contributed by atoms with Crippen molar-refractivity contribution in [3.05, 3.63) is 58.9 Å². The maximum atomic E-state index is 11.1. The van der Waals surface area contributed by atoms with Crippen LogP contribution in [0.5, 0.6) is 0 Å². The first kappa shape index (κ1) is 23.1. The second-order valence-electron chi connectivity index (χ2n) is 7.32. The number of nitro groups is 1. The molecule has 1 aliphatic rings. The molecule has 0 atom stereocenters. The van der Waals surface area contributed by atoms with Crippen molar-refractivity contribution in [1.82, 2.24) is 9.97 Å². The number of thioether (sulfide) groups is 1. The molecule has 1 fully saturated rings. The molecule has 4 rings (SSSR count). The monoisotopic (exact) mass is 496 g/mol. The van der Waals surface area contributed by atoms with Gasteiger partial charge in [-0.15, -0.1) is 17.8 Å². The summed E-state index contributed by atoms with van der Waals surface area (Å²) in [5, 5.41) is 15.5. The summed E-state index contributed by atoms with van der Waals surface area (Å²) in [5.74, 6) is 0.513. The molecule has 2 aromatic carbocycles. The average molecular weight is 496 g/mol. The zero-order valence-corrected chi connectivity index (χ0v) is 20.4. The average Bonchev–Trinajstić information content (AvgIpc) is 2.71. The summed E-state index contributed by atoms with van der Waals surface area (Å²) in [6.45, 7) is 0. The minimum atomic E-state index is -0.461. The zero-order chi connectivity index (χ0) is 20.1. The molecule has 30 heavy (non-hydrogen) atoms. The van der Waals surface area contributed by atoms with Gasteiger partial charge in [0.2, 0.25) is 0 Å². The first-order valence-electron chi connectivity index (χ1n) is 10.0. The van der Waals surface area contributed by atoms with E-state index in [0.717, 1.165) is 5.69 Å². The van der Waals surface area contributed by atoms with Gasteiger partial charge in [-0.05, 0) is 42.6 Å². The molecule has 1 aromatic heterocycles. The number of nitrogens with one attached hydrogen (secondary N) is 1. The van der Waals surface area contributed by atoms with Crippen molar-refractivity contribution in [2.45, 2.75) is 55.1 Å². The van der Waals surface area contributed by atoms with Crippen molar-refractivity contribution in [3.8, 4) is 0 Å². The van der Waals surface area contributed by atoms with Crippen LogP contribution in [0.1, 0.15) is 44.9 Å². The summed E-state index contributed by atoms with van der Waals surface area (Å²) in [7, 11) is 0. The van der Waals surface area contributed by atoms with Crippen LogP contribution in [0.4, 0.5) is 17.2 Å². The van der Waals surface area contributed by atoms with Gasteiger partial charge in [-0.1, -0.05) is 49.6 Å². The second kappa shape index (κ2) is 11.2. The number of nitro benzene ring substituents is 1. The molecule has 0 saturated heterocycles. The van der Waals surface area contributed by atoms with E-state index in [1.807, 2.05) is 23.9 Å². The molecule has 153 valence electrons. The van der Waals surface area contributed by atoms with Gasteiger partial charge in [0.05, 0.1) is 12.1 Å². The Bertz CT molecular complexity index is 992. The summed E-state index contributed by atoms with van der Waals surface area (Å²) >= 11 is 1.98. The van der Waals surface area contributed by atoms with Gasteiger partial charge in [0.1, 0.15) is 0 Å². The van der Waals surface area contributed by atoms with E-state index in [1.165, 1.54) is 62.2 Å². The van der Waals surface area contributed by atoms with E-state index in [-0.39, 0.29) is 38.4 Å². The SMILES string of the molecule is O=[N+]([O-])c1[c-]c2c(Nc3ccc(SC4CCCCCCC4)cc3)ncnc2cc1.[Y]. The molecule has 0 bridgehead atoms. The van der Waals surface area contributed by atoms with Crippen LogP contribution in [-0.2, 0) is 32.7 Å². The zero-order valence-electron chi connectivity index (χ0n) is 16.7. The van der Waals surface area contributed by atoms with Gasteiger partial charge >= 0.3 is 0 Å². The molecule has 0 amide bonds. The van der Waals surface area contributed by atoms with Gasteiger partial charge in [-0.25, -0.2) is 0 Å². The maximum Gasteiger partial charge on any atom is 0.191 e. The summed E-state index contributed by atoms with van der Waals surface area (Å²) in [6.07, 6.45) is 10.8. The molecule has 0 unspecified atom stereocenters. The quantitative estimate of drug-likeness (QED) is 0.254. The molecule has 1 radical (unpaired) electrons. The van der Waals surface area contributed by atoms with E-state index in [0.29, 0.717) is 22.0 Å². The molecule has 6 nitrogen and oxygen atoms in total. The third-order valence-electron chi connectivity index (χ3n) is 5.20. The molecule has 1 saturated carbocycles. The van der Waals surface area contributed by atoms with Gasteiger partial charge in [0.15, 0.2) is 5.69 Å². The van der Waals surface area contributed by atoms with Crippen molar-refractivity contribution in [2.24, 2.45) is 0 Å². The van der Waals surface area contributed by atoms with E-state index in [9.17, 15) is 10.1 Å². The summed E-state index contributed by atoms with van der Waals surface area (Å²) in [5.41, 5.74) is 1.40. The van der Waals surface area contributed by atoms with Gasteiger partial charge in [0, 0.05) is 53.5 Å². The Kier molecular flexibility index (Phi) is 8.60. The van der Waals surface area contributed by atoms with Gasteiger partial charge in [-0.2, -0.15) is 0 Å². The summed E-state index contributed by atoms with van der Waals surface area (Å²) < 4.78 is 0. The molecule has 0 spiro atoms. The molecule has 3 aromatic rings. The largest absolute Gasteiger partial charge is 0.380 e. The second-order valence-corrected chi connectivity index (χ2v) is 8.69. The minimum absolute atomic E-state index is 0. The van der Waals surface area contributed by atoms with Crippen LogP contribution < -0.4 is 5.32 Å². The summed E-state index contributed by atoms with van der Waals surface area (Å²) in [4.78, 5) is 20.3. The predicted molar refractivity (Wildman–Crippen MR) is 117 cm³/mol. The number of non-ortho nitro benzene ring substituents is 1. The number of fused-ring (bicyclic) bond motifs is 1. The van der Waals surface area contributed by atoms with Crippen molar-refractivity contribution in [1.29, 1.82) is 0 Å². The van der Waals surface area contributed by atoms with E-state index < -0.39 is 4.92 Å². The van der Waals surface area contributed by atoms with Gasteiger partial charge in [0.25, 0.3) is 0 Å². The van der Waals surface area contributed by atoms with Gasteiger partial charge < -0.3 is 5.32 Å². The van der Waals surface area contributed by atoms with E-state index in [4.69, 9.17) is 0 Å². The van der Waals surface area contributed by atoms with Crippen LogP contribution >= 0.6 is 11.8 Å². The number of anilines is 2. The molecule has 8 heteroatoms. The smallest absolute Gasteiger partial charge is 0.191 e. The number of benzene rings is 2. The Hall–Kier alpha value is -1.57. The molecule has 0 aliphatic heterocycles. The third kappa shape index (κ3) is 5.99. The topological polar surface area (TPSA) is 81.0 Å². The standard InChI is InChI=1S/C22H23N4O2S.Y/c27-26(28)17-10-13-21-20(14-17)22(24-15-23-21)25-16-8-11-19(12-9-16)29-18-6-4-2-1-3-5-7-18;/h8-13,15,18H,1-7H2,(H,23,24,25);/q-1;. The predicted octanol–water partition coefficient (Wildman–Crippen LogP) is 6.28. The Labute approximate surface area is 205 Å². The summed E-state index contributed by atoms with van der Waals surface area (Å²) in [6, 6.07) is 14.1. The number of hydrogen-bond donors (Lipinski definition) is 1. The number of rotatable bonds is 5. The van der Waals surface area contributed by atoms with Crippen molar-refractivity contribution >= 4 is 39.9 Å². The van der Waals surface area contributed by atoms with Crippen LogP contribution in [0.2, 0.25) is 0 Å². The molecule has 1 aliphatic carbocycles. The molecular formula is C22H23N4O2SY-. The normalized spacial score (nSPS) is 15.1. The number of aromatic nitrogens is 2. The van der Waals surface area contributed by atoms with Crippen LogP contribution in [0.25, 0.3) is 10.9 Å². The fraction of sp³-hybridized carbons (Fsp3) is 0.364. The van der Waals surface area contributed by atoms with Crippen LogP contribution in [-0.4, -0.2) is 20.1 Å². The Balaban J connectivity index is 0.00000256. The van der Waals surface area contributed by atoms with Crippen LogP contribution in [0, 0.1) is 16.2 Å². The molecule has 1 heterocycles.